The van der Waals surface area contributed by atoms with Crippen LogP contribution in [0.5, 0.6) is 0 Å². The summed E-state index contributed by atoms with van der Waals surface area (Å²) >= 11 is 1.42. The van der Waals surface area contributed by atoms with Gasteiger partial charge in [-0.25, -0.2) is 4.98 Å². The number of rotatable bonds is 3. The van der Waals surface area contributed by atoms with Gasteiger partial charge in [0.2, 0.25) is 6.41 Å². The highest BCUT2D eigenvalue weighted by Crippen LogP contribution is 2.28. The minimum atomic E-state index is 0.639. The standard InChI is InChI=1S/C10H9N3OS/c11-8-3-1-7(2-4-8)10-12-5-9(15-10)13-6-14/h1-6H,11H2,(H,13,14). The molecule has 1 heterocycles. The van der Waals surface area contributed by atoms with Gasteiger partial charge < -0.3 is 11.1 Å². The molecule has 0 unspecified atom stereocenters. The van der Waals surface area contributed by atoms with Crippen LogP contribution in [-0.2, 0) is 4.79 Å². The van der Waals surface area contributed by atoms with Crippen molar-refractivity contribution in [2.24, 2.45) is 0 Å². The lowest BCUT2D eigenvalue weighted by atomic mass is 10.2. The maximum Gasteiger partial charge on any atom is 0.212 e. The Hall–Kier alpha value is -1.88. The number of carbonyl (C=O) groups is 1. The summed E-state index contributed by atoms with van der Waals surface area (Å²) in [6, 6.07) is 7.45. The van der Waals surface area contributed by atoms with Crippen LogP contribution >= 0.6 is 11.3 Å². The number of thiazole rings is 1. The second-order valence-electron chi connectivity index (χ2n) is 2.91. The van der Waals surface area contributed by atoms with E-state index in [0.717, 1.165) is 21.3 Å². The van der Waals surface area contributed by atoms with Crippen molar-refractivity contribution < 1.29 is 4.79 Å². The van der Waals surface area contributed by atoms with Crippen molar-refractivity contribution in [1.29, 1.82) is 0 Å². The average molecular weight is 219 g/mol. The Kier molecular flexibility index (Phi) is 2.64. The number of nitrogens with two attached hydrogens (primary N) is 1. The molecule has 0 aliphatic rings. The second-order valence-corrected chi connectivity index (χ2v) is 3.94. The van der Waals surface area contributed by atoms with Crippen molar-refractivity contribution in [2.45, 2.75) is 0 Å². The molecule has 0 aliphatic heterocycles. The second kappa shape index (κ2) is 4.10. The minimum Gasteiger partial charge on any atom is -0.399 e. The molecule has 5 heteroatoms. The summed E-state index contributed by atoms with van der Waals surface area (Å²) in [4.78, 5) is 14.4. The molecule has 0 radical (unpaired) electrons. The molecular formula is C10H9N3OS. The van der Waals surface area contributed by atoms with Crippen molar-refractivity contribution in [3.05, 3.63) is 30.5 Å². The zero-order valence-corrected chi connectivity index (χ0v) is 8.62. The fourth-order valence-electron chi connectivity index (χ4n) is 1.16. The molecule has 3 N–H and O–H groups in total. The van der Waals surface area contributed by atoms with Gasteiger partial charge in [-0.2, -0.15) is 0 Å². The Balaban J connectivity index is 2.28. The summed E-state index contributed by atoms with van der Waals surface area (Å²) in [6.07, 6.45) is 2.27. The number of nitrogens with zero attached hydrogens (tertiary/aromatic N) is 1. The number of carbonyl (C=O) groups excluding carboxylic acids is 1. The highest BCUT2D eigenvalue weighted by molar-refractivity contribution is 7.19. The maximum atomic E-state index is 10.2. The number of amides is 1. The summed E-state index contributed by atoms with van der Waals surface area (Å²) in [5, 5.41) is 4.15. The Morgan fingerprint density at radius 2 is 2.07 bits per heavy atom. The molecule has 2 rings (SSSR count). The van der Waals surface area contributed by atoms with Crippen LogP contribution in [0.1, 0.15) is 0 Å². The van der Waals surface area contributed by atoms with Crippen LogP contribution in [0.4, 0.5) is 10.7 Å². The van der Waals surface area contributed by atoms with Gasteiger partial charge in [-0.3, -0.25) is 4.79 Å². The van der Waals surface area contributed by atoms with Crippen molar-refractivity contribution in [1.82, 2.24) is 4.98 Å². The van der Waals surface area contributed by atoms with E-state index in [0.29, 0.717) is 6.41 Å². The van der Waals surface area contributed by atoms with Crippen LogP contribution in [0.2, 0.25) is 0 Å². The van der Waals surface area contributed by atoms with Gasteiger partial charge in [-0.05, 0) is 24.3 Å². The number of anilines is 2. The smallest absolute Gasteiger partial charge is 0.212 e. The number of nitrogen functional groups attached to an aromatic ring is 1. The van der Waals surface area contributed by atoms with Crippen molar-refractivity contribution >= 4 is 28.4 Å². The summed E-state index contributed by atoms with van der Waals surface area (Å²) in [6.45, 7) is 0. The van der Waals surface area contributed by atoms with Gasteiger partial charge in [0.05, 0.1) is 6.20 Å². The first-order chi connectivity index (χ1) is 7.29. The van der Waals surface area contributed by atoms with E-state index in [4.69, 9.17) is 5.73 Å². The van der Waals surface area contributed by atoms with Crippen LogP contribution in [0.15, 0.2) is 30.5 Å². The van der Waals surface area contributed by atoms with Gasteiger partial charge in [0.25, 0.3) is 0 Å². The molecule has 1 amide bonds. The summed E-state index contributed by atoms with van der Waals surface area (Å²) in [7, 11) is 0. The number of aromatic nitrogens is 1. The fourth-order valence-corrected chi connectivity index (χ4v) is 1.94. The van der Waals surface area contributed by atoms with Crippen molar-refractivity contribution in [2.75, 3.05) is 11.1 Å². The predicted octanol–water partition coefficient (Wildman–Crippen LogP) is 1.96. The van der Waals surface area contributed by atoms with Gasteiger partial charge in [-0.1, -0.05) is 11.3 Å². The van der Waals surface area contributed by atoms with E-state index in [9.17, 15) is 4.79 Å². The molecule has 1 aromatic carbocycles. The maximum absolute atomic E-state index is 10.2. The molecule has 0 saturated carbocycles. The summed E-state index contributed by atoms with van der Waals surface area (Å²) < 4.78 is 0. The van der Waals surface area contributed by atoms with E-state index >= 15 is 0 Å². The van der Waals surface area contributed by atoms with Crippen LogP contribution in [0.25, 0.3) is 10.6 Å². The van der Waals surface area contributed by atoms with Crippen LogP contribution in [0.3, 0.4) is 0 Å². The van der Waals surface area contributed by atoms with Gasteiger partial charge >= 0.3 is 0 Å². The molecule has 4 nitrogen and oxygen atoms in total. The molecule has 0 fully saturated rings. The number of nitrogens with one attached hydrogen (secondary N) is 1. The highest BCUT2D eigenvalue weighted by atomic mass is 32.1. The highest BCUT2D eigenvalue weighted by Gasteiger charge is 2.03. The quantitative estimate of drug-likeness (QED) is 0.612. The lowest BCUT2D eigenvalue weighted by molar-refractivity contribution is -0.105. The third-order valence-corrected chi connectivity index (χ3v) is 2.84. The molecule has 76 valence electrons. The van der Waals surface area contributed by atoms with E-state index in [1.165, 1.54) is 11.3 Å². The first-order valence-corrected chi connectivity index (χ1v) is 5.13. The third kappa shape index (κ3) is 2.13. The van der Waals surface area contributed by atoms with Crippen molar-refractivity contribution in [3.63, 3.8) is 0 Å². The number of hydrogen-bond acceptors (Lipinski definition) is 4. The Morgan fingerprint density at radius 3 is 2.73 bits per heavy atom. The third-order valence-electron chi connectivity index (χ3n) is 1.86. The molecule has 2 aromatic rings. The summed E-state index contributed by atoms with van der Waals surface area (Å²) in [5.41, 5.74) is 7.30. The molecule has 0 atom stereocenters. The van der Waals surface area contributed by atoms with E-state index in [1.807, 2.05) is 24.3 Å². The van der Waals surface area contributed by atoms with Gasteiger partial charge in [0.15, 0.2) is 0 Å². The first-order valence-electron chi connectivity index (χ1n) is 4.31. The SMILES string of the molecule is Nc1ccc(-c2ncc(NC=O)s2)cc1. The van der Waals surface area contributed by atoms with E-state index < -0.39 is 0 Å². The number of benzene rings is 1. The zero-order valence-electron chi connectivity index (χ0n) is 7.81. The fraction of sp³-hybridized carbons (Fsp3) is 0. The summed E-state index contributed by atoms with van der Waals surface area (Å²) in [5.74, 6) is 0. The molecule has 0 bridgehead atoms. The molecule has 1 aromatic heterocycles. The van der Waals surface area contributed by atoms with Crippen LogP contribution in [0, 0.1) is 0 Å². The Morgan fingerprint density at radius 1 is 1.33 bits per heavy atom. The van der Waals surface area contributed by atoms with E-state index in [1.54, 1.807) is 6.20 Å². The molecule has 0 aliphatic carbocycles. The Labute approximate surface area is 90.8 Å². The first kappa shape index (κ1) is 9.67. The average Bonchev–Trinajstić information content (AvgIpc) is 2.68. The molecule has 15 heavy (non-hydrogen) atoms. The monoisotopic (exact) mass is 219 g/mol. The topological polar surface area (TPSA) is 68.0 Å². The lowest BCUT2D eigenvalue weighted by Gasteiger charge is -1.96. The Bertz CT molecular complexity index is 464. The lowest BCUT2D eigenvalue weighted by Crippen LogP contribution is -1.88. The van der Waals surface area contributed by atoms with Crippen molar-refractivity contribution in [3.8, 4) is 10.6 Å². The van der Waals surface area contributed by atoms with E-state index in [-0.39, 0.29) is 0 Å². The zero-order chi connectivity index (χ0) is 10.7. The number of hydrogen-bond donors (Lipinski definition) is 2. The van der Waals surface area contributed by atoms with Crippen LogP contribution < -0.4 is 11.1 Å². The minimum absolute atomic E-state index is 0.639. The predicted molar refractivity (Wildman–Crippen MR) is 61.6 cm³/mol. The van der Waals surface area contributed by atoms with Crippen LogP contribution in [-0.4, -0.2) is 11.4 Å². The van der Waals surface area contributed by atoms with E-state index in [2.05, 4.69) is 10.3 Å². The molecule has 0 spiro atoms. The van der Waals surface area contributed by atoms with Gasteiger partial charge in [0.1, 0.15) is 10.0 Å². The molecule has 0 saturated heterocycles. The van der Waals surface area contributed by atoms with Gasteiger partial charge in [0, 0.05) is 11.3 Å². The van der Waals surface area contributed by atoms with Gasteiger partial charge in [-0.15, -0.1) is 0 Å². The largest absolute Gasteiger partial charge is 0.399 e. The normalized spacial score (nSPS) is 9.87. The molecular weight excluding hydrogens is 210 g/mol.